The van der Waals surface area contributed by atoms with Gasteiger partial charge in [-0.2, -0.15) is 0 Å². The molecule has 22 heavy (non-hydrogen) atoms. The smallest absolute Gasteiger partial charge is 0.254 e. The zero-order valence-electron chi connectivity index (χ0n) is 13.1. The van der Waals surface area contributed by atoms with Crippen LogP contribution in [0.15, 0.2) is 35.1 Å². The van der Waals surface area contributed by atoms with Crippen molar-refractivity contribution in [3.63, 3.8) is 0 Å². The van der Waals surface area contributed by atoms with E-state index in [1.165, 1.54) is 5.56 Å². The zero-order valence-corrected chi connectivity index (χ0v) is 13.1. The minimum Gasteiger partial charge on any atom is -0.355 e. The summed E-state index contributed by atoms with van der Waals surface area (Å²) in [5.74, 6) is 0.618. The topological polar surface area (TPSA) is 74.8 Å². The van der Waals surface area contributed by atoms with Crippen LogP contribution in [-0.4, -0.2) is 22.4 Å². The number of carbonyl (C=O) groups is 1. The molecule has 0 aliphatic rings. The minimum absolute atomic E-state index is 0.0515. The van der Waals surface area contributed by atoms with Crippen LogP contribution in [0.2, 0.25) is 0 Å². The number of nitrogens with zero attached hydrogens (tertiary/aromatic N) is 1. The van der Waals surface area contributed by atoms with Gasteiger partial charge in [0, 0.05) is 17.8 Å². The van der Waals surface area contributed by atoms with E-state index in [1.54, 1.807) is 13.8 Å². The van der Waals surface area contributed by atoms with Gasteiger partial charge in [0.05, 0.1) is 6.42 Å². The number of hydrogen-bond donors (Lipinski definition) is 2. The Morgan fingerprint density at radius 3 is 2.59 bits per heavy atom. The van der Waals surface area contributed by atoms with Crippen LogP contribution in [0.5, 0.6) is 0 Å². The Bertz CT molecular complexity index is 708. The van der Waals surface area contributed by atoms with E-state index < -0.39 is 0 Å². The lowest BCUT2D eigenvalue weighted by Gasteiger charge is -2.13. The van der Waals surface area contributed by atoms with Crippen LogP contribution in [-0.2, 0) is 11.2 Å². The quantitative estimate of drug-likeness (QED) is 0.884. The van der Waals surface area contributed by atoms with E-state index in [4.69, 9.17) is 0 Å². The number of rotatable bonds is 5. The van der Waals surface area contributed by atoms with Crippen molar-refractivity contribution in [2.24, 2.45) is 0 Å². The van der Waals surface area contributed by atoms with Crippen LogP contribution >= 0.6 is 0 Å². The number of amides is 1. The lowest BCUT2D eigenvalue weighted by molar-refractivity contribution is -0.120. The number of hydrogen-bond acceptors (Lipinski definition) is 3. The highest BCUT2D eigenvalue weighted by molar-refractivity contribution is 5.78. The summed E-state index contributed by atoms with van der Waals surface area (Å²) in [5, 5.41) is 2.88. The van der Waals surface area contributed by atoms with Crippen LogP contribution in [0.1, 0.15) is 35.5 Å². The van der Waals surface area contributed by atoms with Gasteiger partial charge in [-0.1, -0.05) is 37.3 Å². The maximum absolute atomic E-state index is 12.0. The van der Waals surface area contributed by atoms with E-state index >= 15 is 0 Å². The van der Waals surface area contributed by atoms with E-state index in [2.05, 4.69) is 22.2 Å². The number of aryl methyl sites for hydroxylation is 2. The van der Waals surface area contributed by atoms with Gasteiger partial charge in [0.25, 0.3) is 5.56 Å². The molecule has 0 spiro atoms. The standard InChI is InChI=1S/C17H21N3O2/c1-11(14-7-5-4-6-8-14)10-18-16(21)9-15-12(2)19-13(3)20-17(15)22/h4-8,11H,9-10H2,1-3H3,(H,18,21)(H,19,20,22)/t11-/m1/s1. The molecule has 2 rings (SSSR count). The maximum atomic E-state index is 12.0. The highest BCUT2D eigenvalue weighted by atomic mass is 16.2. The molecule has 116 valence electrons. The lowest BCUT2D eigenvalue weighted by Crippen LogP contribution is -2.31. The molecule has 2 N–H and O–H groups in total. The number of nitrogens with one attached hydrogen (secondary N) is 2. The Morgan fingerprint density at radius 2 is 1.95 bits per heavy atom. The number of H-pyrrole nitrogens is 1. The van der Waals surface area contributed by atoms with Crippen molar-refractivity contribution in [2.75, 3.05) is 6.54 Å². The maximum Gasteiger partial charge on any atom is 0.254 e. The molecule has 0 bridgehead atoms. The molecule has 0 radical (unpaired) electrons. The lowest BCUT2D eigenvalue weighted by atomic mass is 10.0. The summed E-state index contributed by atoms with van der Waals surface area (Å²) in [6.45, 7) is 6.07. The van der Waals surface area contributed by atoms with Crippen molar-refractivity contribution >= 4 is 5.91 Å². The molecule has 1 heterocycles. The summed E-state index contributed by atoms with van der Waals surface area (Å²) in [7, 11) is 0. The summed E-state index contributed by atoms with van der Waals surface area (Å²) >= 11 is 0. The Kier molecular flexibility index (Phi) is 5.09. The van der Waals surface area contributed by atoms with Crippen LogP contribution in [0.4, 0.5) is 0 Å². The molecule has 0 fully saturated rings. The second-order valence-corrected chi connectivity index (χ2v) is 5.51. The molecule has 0 saturated carbocycles. The van der Waals surface area contributed by atoms with E-state index in [1.807, 2.05) is 30.3 Å². The first-order valence-electron chi connectivity index (χ1n) is 7.35. The Hall–Kier alpha value is -2.43. The summed E-state index contributed by atoms with van der Waals surface area (Å²) in [5.41, 5.74) is 1.97. The van der Waals surface area contributed by atoms with Crippen molar-refractivity contribution in [3.8, 4) is 0 Å². The molecule has 1 aromatic heterocycles. The Morgan fingerprint density at radius 1 is 1.27 bits per heavy atom. The molecule has 0 aliphatic carbocycles. The van der Waals surface area contributed by atoms with Crippen LogP contribution in [0.3, 0.4) is 0 Å². The molecule has 0 saturated heterocycles. The third kappa shape index (κ3) is 4.04. The number of aromatic nitrogens is 2. The van der Waals surface area contributed by atoms with Gasteiger partial charge in [-0.15, -0.1) is 0 Å². The van der Waals surface area contributed by atoms with Crippen LogP contribution in [0.25, 0.3) is 0 Å². The molecule has 5 nitrogen and oxygen atoms in total. The van der Waals surface area contributed by atoms with Gasteiger partial charge in [0.15, 0.2) is 0 Å². The molecular weight excluding hydrogens is 278 g/mol. The fourth-order valence-electron chi connectivity index (χ4n) is 2.35. The molecule has 0 aliphatic heterocycles. The normalized spacial score (nSPS) is 12.0. The van der Waals surface area contributed by atoms with Gasteiger partial charge < -0.3 is 10.3 Å². The summed E-state index contributed by atoms with van der Waals surface area (Å²) < 4.78 is 0. The average Bonchev–Trinajstić information content (AvgIpc) is 2.49. The van der Waals surface area contributed by atoms with Crippen molar-refractivity contribution in [2.45, 2.75) is 33.1 Å². The number of aromatic amines is 1. The van der Waals surface area contributed by atoms with Gasteiger partial charge in [-0.05, 0) is 25.3 Å². The van der Waals surface area contributed by atoms with Gasteiger partial charge in [-0.3, -0.25) is 9.59 Å². The molecule has 0 unspecified atom stereocenters. The second kappa shape index (κ2) is 7.02. The first-order chi connectivity index (χ1) is 10.5. The molecular formula is C17H21N3O2. The van der Waals surface area contributed by atoms with Gasteiger partial charge in [-0.25, -0.2) is 4.98 Å². The SMILES string of the molecule is Cc1nc(C)c(CC(=O)NC[C@@H](C)c2ccccc2)c(=O)[nH]1. The average molecular weight is 299 g/mol. The van der Waals surface area contributed by atoms with E-state index in [0.717, 1.165) is 0 Å². The molecule has 1 atom stereocenters. The van der Waals surface area contributed by atoms with Crippen molar-refractivity contribution < 1.29 is 4.79 Å². The summed E-state index contributed by atoms with van der Waals surface area (Å²) in [4.78, 5) is 30.8. The van der Waals surface area contributed by atoms with Crippen LogP contribution < -0.4 is 10.9 Å². The van der Waals surface area contributed by atoms with E-state index in [0.29, 0.717) is 23.6 Å². The van der Waals surface area contributed by atoms with Gasteiger partial charge in [0.2, 0.25) is 5.91 Å². The first-order valence-corrected chi connectivity index (χ1v) is 7.35. The highest BCUT2D eigenvalue weighted by Crippen LogP contribution is 2.13. The minimum atomic E-state index is -0.240. The van der Waals surface area contributed by atoms with E-state index in [9.17, 15) is 9.59 Å². The molecule has 1 amide bonds. The molecule has 5 heteroatoms. The highest BCUT2D eigenvalue weighted by Gasteiger charge is 2.13. The van der Waals surface area contributed by atoms with Gasteiger partial charge >= 0.3 is 0 Å². The van der Waals surface area contributed by atoms with Gasteiger partial charge in [0.1, 0.15) is 5.82 Å². The molecule has 1 aromatic carbocycles. The largest absolute Gasteiger partial charge is 0.355 e. The third-order valence-electron chi connectivity index (χ3n) is 3.65. The number of benzene rings is 1. The van der Waals surface area contributed by atoms with E-state index in [-0.39, 0.29) is 23.8 Å². The monoisotopic (exact) mass is 299 g/mol. The third-order valence-corrected chi connectivity index (χ3v) is 3.65. The zero-order chi connectivity index (χ0) is 16.1. The van der Waals surface area contributed by atoms with Crippen molar-refractivity contribution in [1.29, 1.82) is 0 Å². The predicted octanol–water partition coefficient (Wildman–Crippen LogP) is 1.85. The fourth-order valence-corrected chi connectivity index (χ4v) is 2.35. The first kappa shape index (κ1) is 15.9. The fraction of sp³-hybridized carbons (Fsp3) is 0.353. The van der Waals surface area contributed by atoms with Crippen molar-refractivity contribution in [1.82, 2.24) is 15.3 Å². The summed E-state index contributed by atoms with van der Waals surface area (Å²) in [6, 6.07) is 10.0. The second-order valence-electron chi connectivity index (χ2n) is 5.51. The number of carbonyl (C=O) groups excluding carboxylic acids is 1. The van der Waals surface area contributed by atoms with Crippen LogP contribution in [0, 0.1) is 13.8 Å². The predicted molar refractivity (Wildman–Crippen MR) is 85.9 cm³/mol. The Labute approximate surface area is 129 Å². The Balaban J connectivity index is 1.95. The molecule has 2 aromatic rings. The summed E-state index contributed by atoms with van der Waals surface area (Å²) in [6.07, 6.45) is 0.0515. The van der Waals surface area contributed by atoms with Crippen molar-refractivity contribution in [3.05, 3.63) is 63.3 Å².